The van der Waals surface area contributed by atoms with Gasteiger partial charge in [-0.1, -0.05) is 0 Å². The van der Waals surface area contributed by atoms with Gasteiger partial charge in [-0.05, 0) is 26.2 Å². The quantitative estimate of drug-likeness (QED) is 0.649. The first-order valence-electron chi connectivity index (χ1n) is 7.67. The van der Waals surface area contributed by atoms with Gasteiger partial charge in [0.1, 0.15) is 5.01 Å². The zero-order valence-electron chi connectivity index (χ0n) is 12.7. The predicted molar refractivity (Wildman–Crippen MR) is 81.4 cm³/mol. The fourth-order valence-corrected chi connectivity index (χ4v) is 3.67. The molecule has 2 bridgehead atoms. The normalized spacial score (nSPS) is 27.5. The topological polar surface area (TPSA) is 58.5 Å². The number of ether oxygens (including phenoxy) is 1. The maximum absolute atomic E-state index is 12.5. The molecular weight excluding hydrogens is 329 g/mol. The van der Waals surface area contributed by atoms with Crippen LogP contribution in [0.2, 0.25) is 0 Å². The van der Waals surface area contributed by atoms with Crippen molar-refractivity contribution in [3.05, 3.63) is 16.1 Å². The number of hydrogen-bond acceptors (Lipinski definition) is 4. The summed E-state index contributed by atoms with van der Waals surface area (Å²) in [5, 5.41) is 7.81. The van der Waals surface area contributed by atoms with Crippen LogP contribution in [0.4, 0.5) is 13.2 Å². The Kier molecular flexibility index (Phi) is 4.77. The molecular formula is C14H19F3N4OS. The van der Waals surface area contributed by atoms with Gasteiger partial charge in [-0.25, -0.2) is 9.98 Å². The van der Waals surface area contributed by atoms with Gasteiger partial charge in [0.2, 0.25) is 0 Å². The van der Waals surface area contributed by atoms with E-state index in [2.05, 4.69) is 20.6 Å². The molecule has 2 aliphatic heterocycles. The largest absolute Gasteiger partial charge is 0.434 e. The molecule has 1 aromatic rings. The summed E-state index contributed by atoms with van der Waals surface area (Å²) in [6.07, 6.45) is -0.764. The molecule has 2 saturated heterocycles. The van der Waals surface area contributed by atoms with Crippen molar-refractivity contribution >= 4 is 17.3 Å². The van der Waals surface area contributed by atoms with E-state index < -0.39 is 11.9 Å². The molecule has 0 aromatic carbocycles. The minimum Gasteiger partial charge on any atom is -0.373 e. The highest BCUT2D eigenvalue weighted by Crippen LogP contribution is 2.34. The standard InChI is InChI=1S/C14H19F3N4OS/c1-2-18-13(20-9-5-8-3-4-10(9)22-8)19-6-12-21-11(7-23-12)14(15,16)17/h7-10H,2-6H2,1H3,(H2,18,19,20). The molecule has 3 heterocycles. The molecule has 3 unspecified atom stereocenters. The first-order valence-corrected chi connectivity index (χ1v) is 8.55. The molecule has 0 aliphatic carbocycles. The number of aromatic nitrogens is 1. The van der Waals surface area contributed by atoms with Gasteiger partial charge in [-0.2, -0.15) is 13.2 Å². The van der Waals surface area contributed by atoms with Crippen LogP contribution in [-0.2, 0) is 17.5 Å². The summed E-state index contributed by atoms with van der Waals surface area (Å²) in [6, 6.07) is 0.216. The van der Waals surface area contributed by atoms with Crippen LogP contribution in [0.3, 0.4) is 0 Å². The lowest BCUT2D eigenvalue weighted by Gasteiger charge is -2.22. The zero-order valence-corrected chi connectivity index (χ0v) is 13.5. The monoisotopic (exact) mass is 348 g/mol. The Morgan fingerprint density at radius 1 is 1.48 bits per heavy atom. The van der Waals surface area contributed by atoms with Gasteiger partial charge in [0.15, 0.2) is 11.7 Å². The minimum atomic E-state index is -4.40. The number of thiazole rings is 1. The van der Waals surface area contributed by atoms with Gasteiger partial charge in [-0.15, -0.1) is 11.3 Å². The number of rotatable bonds is 4. The van der Waals surface area contributed by atoms with Crippen molar-refractivity contribution in [2.75, 3.05) is 6.54 Å². The maximum atomic E-state index is 12.5. The predicted octanol–water partition coefficient (Wildman–Crippen LogP) is 2.54. The van der Waals surface area contributed by atoms with E-state index in [1.165, 1.54) is 0 Å². The summed E-state index contributed by atoms with van der Waals surface area (Å²) in [7, 11) is 0. The molecule has 3 rings (SSSR count). The summed E-state index contributed by atoms with van der Waals surface area (Å²) in [6.45, 7) is 2.75. The van der Waals surface area contributed by atoms with Crippen molar-refractivity contribution in [1.29, 1.82) is 0 Å². The molecule has 0 amide bonds. The van der Waals surface area contributed by atoms with Crippen LogP contribution in [0, 0.1) is 0 Å². The van der Waals surface area contributed by atoms with Crippen molar-refractivity contribution in [2.24, 2.45) is 4.99 Å². The average molecular weight is 348 g/mol. The van der Waals surface area contributed by atoms with Gasteiger partial charge >= 0.3 is 6.18 Å². The van der Waals surface area contributed by atoms with Crippen molar-refractivity contribution in [3.8, 4) is 0 Å². The number of hydrogen-bond donors (Lipinski definition) is 2. The molecule has 23 heavy (non-hydrogen) atoms. The third-order valence-corrected chi connectivity index (χ3v) is 4.82. The number of halogens is 3. The van der Waals surface area contributed by atoms with E-state index in [-0.39, 0.29) is 18.7 Å². The highest BCUT2D eigenvalue weighted by molar-refractivity contribution is 7.09. The van der Waals surface area contributed by atoms with Crippen molar-refractivity contribution in [3.63, 3.8) is 0 Å². The lowest BCUT2D eigenvalue weighted by atomic mass is 9.96. The second kappa shape index (κ2) is 6.64. The molecule has 3 atom stereocenters. The molecule has 5 nitrogen and oxygen atoms in total. The number of nitrogens with one attached hydrogen (secondary N) is 2. The van der Waals surface area contributed by atoms with E-state index >= 15 is 0 Å². The number of fused-ring (bicyclic) bond motifs is 2. The number of aliphatic imine (C=N–C) groups is 1. The van der Waals surface area contributed by atoms with Crippen LogP contribution in [0.25, 0.3) is 0 Å². The molecule has 0 saturated carbocycles. The molecule has 0 radical (unpaired) electrons. The van der Waals surface area contributed by atoms with Crippen LogP contribution in [0.15, 0.2) is 10.4 Å². The average Bonchev–Trinajstić information content (AvgIpc) is 3.20. The highest BCUT2D eigenvalue weighted by Gasteiger charge is 2.41. The lowest BCUT2D eigenvalue weighted by molar-refractivity contribution is -0.140. The van der Waals surface area contributed by atoms with Crippen LogP contribution in [-0.4, -0.2) is 35.7 Å². The van der Waals surface area contributed by atoms with Crippen LogP contribution in [0.5, 0.6) is 0 Å². The Hall–Kier alpha value is -1.35. The molecule has 1 aromatic heterocycles. The molecule has 9 heteroatoms. The molecule has 0 spiro atoms. The van der Waals surface area contributed by atoms with E-state index in [1.54, 1.807) is 0 Å². The van der Waals surface area contributed by atoms with E-state index in [0.29, 0.717) is 23.6 Å². The smallest absolute Gasteiger partial charge is 0.373 e. The number of nitrogens with zero attached hydrogens (tertiary/aromatic N) is 2. The highest BCUT2D eigenvalue weighted by atomic mass is 32.1. The summed E-state index contributed by atoms with van der Waals surface area (Å²) < 4.78 is 43.4. The molecule has 2 N–H and O–H groups in total. The lowest BCUT2D eigenvalue weighted by Crippen LogP contribution is -2.47. The van der Waals surface area contributed by atoms with Crippen LogP contribution < -0.4 is 10.6 Å². The van der Waals surface area contributed by atoms with E-state index in [1.807, 2.05) is 6.92 Å². The van der Waals surface area contributed by atoms with Crippen LogP contribution in [0.1, 0.15) is 36.9 Å². The summed E-state index contributed by atoms with van der Waals surface area (Å²) in [5.41, 5.74) is -0.854. The SMILES string of the molecule is CCNC(=NCc1nc(C(F)(F)F)cs1)NC1CC2CCC1O2. The zero-order chi connectivity index (χ0) is 16.4. The summed E-state index contributed by atoms with van der Waals surface area (Å²) >= 11 is 0.973. The fraction of sp³-hybridized carbons (Fsp3) is 0.714. The molecule has 2 aliphatic rings. The third-order valence-electron chi connectivity index (χ3n) is 3.99. The Morgan fingerprint density at radius 3 is 2.87 bits per heavy atom. The molecule has 128 valence electrons. The van der Waals surface area contributed by atoms with Crippen molar-refractivity contribution in [2.45, 2.75) is 57.2 Å². The second-order valence-corrected chi connectivity index (χ2v) is 6.62. The Bertz CT molecular complexity index is 575. The van der Waals surface area contributed by atoms with Crippen molar-refractivity contribution < 1.29 is 17.9 Å². The van der Waals surface area contributed by atoms with E-state index in [4.69, 9.17) is 4.74 Å². The van der Waals surface area contributed by atoms with Gasteiger partial charge < -0.3 is 15.4 Å². The summed E-state index contributed by atoms with van der Waals surface area (Å²) in [5.74, 6) is 0.595. The van der Waals surface area contributed by atoms with Gasteiger partial charge in [0.05, 0.1) is 24.8 Å². The number of alkyl halides is 3. The van der Waals surface area contributed by atoms with Gasteiger partial charge in [-0.3, -0.25) is 0 Å². The molecule has 2 fully saturated rings. The fourth-order valence-electron chi connectivity index (χ4n) is 2.95. The van der Waals surface area contributed by atoms with Crippen LogP contribution >= 0.6 is 11.3 Å². The first kappa shape index (κ1) is 16.5. The van der Waals surface area contributed by atoms with Gasteiger partial charge in [0, 0.05) is 11.9 Å². The van der Waals surface area contributed by atoms with Crippen molar-refractivity contribution in [1.82, 2.24) is 15.6 Å². The number of guanidine groups is 1. The van der Waals surface area contributed by atoms with E-state index in [9.17, 15) is 13.2 Å². The second-order valence-electron chi connectivity index (χ2n) is 5.68. The maximum Gasteiger partial charge on any atom is 0.434 e. The summed E-state index contributed by atoms with van der Waals surface area (Å²) in [4.78, 5) is 7.94. The third kappa shape index (κ3) is 3.95. The van der Waals surface area contributed by atoms with Gasteiger partial charge in [0.25, 0.3) is 0 Å². The Balaban J connectivity index is 1.61. The minimum absolute atomic E-state index is 0.123. The van der Waals surface area contributed by atoms with E-state index in [0.717, 1.165) is 36.0 Å². The Labute approximate surface area is 136 Å². The Morgan fingerprint density at radius 2 is 2.30 bits per heavy atom. The first-order chi connectivity index (χ1) is 11.0.